The van der Waals surface area contributed by atoms with E-state index in [1.54, 1.807) is 6.92 Å². The molecule has 0 fully saturated rings. The molecule has 0 bridgehead atoms. The number of nitrogens with one attached hydrogen (secondary N) is 1. The molecule has 8 heteroatoms. The van der Waals surface area contributed by atoms with E-state index in [-0.39, 0.29) is 10.5 Å². The zero-order chi connectivity index (χ0) is 16.3. The maximum atomic E-state index is 12.2. The van der Waals surface area contributed by atoms with Crippen molar-refractivity contribution in [1.82, 2.24) is 5.32 Å². The Morgan fingerprint density at radius 1 is 1.19 bits per heavy atom. The predicted molar refractivity (Wildman–Crippen MR) is 75.7 cm³/mol. The molecular weight excluding hydrogens is 298 g/mol. The summed E-state index contributed by atoms with van der Waals surface area (Å²) in [4.78, 5) is 12.2. The van der Waals surface area contributed by atoms with Gasteiger partial charge in [0.2, 0.25) is 0 Å². The number of carbonyl (C=O) groups excluding carboxylic acids is 1. The van der Waals surface area contributed by atoms with Gasteiger partial charge < -0.3 is 20.6 Å². The summed E-state index contributed by atoms with van der Waals surface area (Å²) in [5.74, 6) is -0.685. The molecule has 0 aliphatic rings. The third-order valence-corrected chi connectivity index (χ3v) is 4.28. The second-order valence-corrected chi connectivity index (χ2v) is 6.97. The van der Waals surface area contributed by atoms with E-state index in [0.29, 0.717) is 5.56 Å². The zero-order valence-electron chi connectivity index (χ0n) is 11.8. The lowest BCUT2D eigenvalue weighted by molar-refractivity contribution is 0.0375. The lowest BCUT2D eigenvalue weighted by Crippen LogP contribution is -2.57. The van der Waals surface area contributed by atoms with Crippen LogP contribution in [0.1, 0.15) is 15.9 Å². The van der Waals surface area contributed by atoms with E-state index >= 15 is 0 Å². The van der Waals surface area contributed by atoms with Crippen molar-refractivity contribution in [1.29, 1.82) is 0 Å². The lowest BCUT2D eigenvalue weighted by Gasteiger charge is -2.29. The van der Waals surface area contributed by atoms with Crippen LogP contribution in [0.2, 0.25) is 0 Å². The Hall–Kier alpha value is -1.48. The molecule has 21 heavy (non-hydrogen) atoms. The SMILES string of the molecule is Cc1ccc(S(C)(=O)=O)cc1C(=O)NC(CO)(CO)CO. The number of rotatable bonds is 6. The number of hydrogen-bond donors (Lipinski definition) is 4. The maximum absolute atomic E-state index is 12.2. The van der Waals surface area contributed by atoms with E-state index < -0.39 is 41.1 Å². The van der Waals surface area contributed by atoms with Gasteiger partial charge in [-0.15, -0.1) is 0 Å². The van der Waals surface area contributed by atoms with Crippen LogP contribution in [0, 0.1) is 6.92 Å². The highest BCUT2D eigenvalue weighted by Crippen LogP contribution is 2.16. The van der Waals surface area contributed by atoms with Crippen molar-refractivity contribution in [3.05, 3.63) is 29.3 Å². The van der Waals surface area contributed by atoms with Crippen LogP contribution in [-0.2, 0) is 9.84 Å². The van der Waals surface area contributed by atoms with Crippen molar-refractivity contribution in [2.45, 2.75) is 17.4 Å². The number of carbonyl (C=O) groups is 1. The molecule has 0 saturated heterocycles. The number of aliphatic hydroxyl groups excluding tert-OH is 3. The summed E-state index contributed by atoms with van der Waals surface area (Å²) in [7, 11) is -3.46. The van der Waals surface area contributed by atoms with Gasteiger partial charge in [0, 0.05) is 11.8 Å². The standard InChI is InChI=1S/C13H19NO6S/c1-9-3-4-10(21(2,19)20)5-11(9)12(18)14-13(6-15,7-16)8-17/h3-5,15-17H,6-8H2,1-2H3,(H,14,18). The molecule has 0 aromatic heterocycles. The fourth-order valence-electron chi connectivity index (χ4n) is 1.65. The van der Waals surface area contributed by atoms with E-state index in [9.17, 15) is 28.5 Å². The van der Waals surface area contributed by atoms with E-state index in [1.807, 2.05) is 0 Å². The van der Waals surface area contributed by atoms with Crippen LogP contribution in [0.4, 0.5) is 0 Å². The minimum Gasteiger partial charge on any atom is -0.394 e. The minimum atomic E-state index is -3.46. The van der Waals surface area contributed by atoms with Gasteiger partial charge in [-0.05, 0) is 24.6 Å². The van der Waals surface area contributed by atoms with Crippen molar-refractivity contribution < 1.29 is 28.5 Å². The molecule has 118 valence electrons. The van der Waals surface area contributed by atoms with Gasteiger partial charge in [0.15, 0.2) is 9.84 Å². The van der Waals surface area contributed by atoms with Gasteiger partial charge in [0.1, 0.15) is 5.54 Å². The van der Waals surface area contributed by atoms with Crippen molar-refractivity contribution in [2.24, 2.45) is 0 Å². The molecular formula is C13H19NO6S. The Balaban J connectivity index is 3.19. The first kappa shape index (κ1) is 17.6. The van der Waals surface area contributed by atoms with E-state index in [0.717, 1.165) is 6.26 Å². The molecule has 1 amide bonds. The summed E-state index contributed by atoms with van der Waals surface area (Å²) in [5, 5.41) is 29.9. The van der Waals surface area contributed by atoms with E-state index in [2.05, 4.69) is 5.32 Å². The number of hydrogen-bond acceptors (Lipinski definition) is 6. The van der Waals surface area contributed by atoms with E-state index in [4.69, 9.17) is 0 Å². The van der Waals surface area contributed by atoms with Crippen molar-refractivity contribution in [3.8, 4) is 0 Å². The molecule has 0 atom stereocenters. The fourth-order valence-corrected chi connectivity index (χ4v) is 2.30. The number of amides is 1. The third kappa shape index (κ3) is 4.01. The highest BCUT2D eigenvalue weighted by molar-refractivity contribution is 7.90. The van der Waals surface area contributed by atoms with Gasteiger partial charge in [-0.3, -0.25) is 4.79 Å². The molecule has 1 aromatic carbocycles. The summed E-state index contributed by atoms with van der Waals surface area (Å²) in [6.07, 6.45) is 1.03. The predicted octanol–water partition coefficient (Wildman–Crippen LogP) is -1.16. The molecule has 0 unspecified atom stereocenters. The van der Waals surface area contributed by atoms with Crippen LogP contribution < -0.4 is 5.32 Å². The van der Waals surface area contributed by atoms with Gasteiger partial charge in [0.25, 0.3) is 5.91 Å². The Morgan fingerprint density at radius 3 is 2.14 bits per heavy atom. The summed E-state index contributed by atoms with van der Waals surface area (Å²) in [6.45, 7) is -0.344. The van der Waals surface area contributed by atoms with Crippen molar-refractivity contribution >= 4 is 15.7 Å². The fraction of sp³-hybridized carbons (Fsp3) is 0.462. The lowest BCUT2D eigenvalue weighted by atomic mass is 10.0. The maximum Gasteiger partial charge on any atom is 0.252 e. The van der Waals surface area contributed by atoms with Gasteiger partial charge in [-0.2, -0.15) is 0 Å². The first-order chi connectivity index (χ1) is 9.69. The number of aryl methyl sites for hydroxylation is 1. The van der Waals surface area contributed by atoms with Crippen LogP contribution in [-0.4, -0.2) is 61.3 Å². The van der Waals surface area contributed by atoms with Crippen LogP contribution in [0.15, 0.2) is 23.1 Å². The van der Waals surface area contributed by atoms with Gasteiger partial charge in [-0.25, -0.2) is 8.42 Å². The monoisotopic (exact) mass is 317 g/mol. The smallest absolute Gasteiger partial charge is 0.252 e. The molecule has 1 aromatic rings. The summed E-state index contributed by atoms with van der Waals surface area (Å²) in [6, 6.07) is 4.10. The van der Waals surface area contributed by atoms with Crippen LogP contribution in [0.25, 0.3) is 0 Å². The molecule has 1 rings (SSSR count). The summed E-state index contributed by atoms with van der Waals surface area (Å²) in [5.41, 5.74) is -0.940. The average Bonchev–Trinajstić information content (AvgIpc) is 2.44. The topological polar surface area (TPSA) is 124 Å². The molecule has 0 aliphatic carbocycles. The average molecular weight is 317 g/mol. The Kier molecular flexibility index (Phi) is 5.46. The second kappa shape index (κ2) is 6.52. The first-order valence-electron chi connectivity index (χ1n) is 6.15. The molecule has 0 heterocycles. The minimum absolute atomic E-state index is 0.0131. The summed E-state index contributed by atoms with van der Waals surface area (Å²) >= 11 is 0. The molecule has 7 nitrogen and oxygen atoms in total. The molecule has 4 N–H and O–H groups in total. The van der Waals surface area contributed by atoms with Gasteiger partial charge in [-0.1, -0.05) is 6.07 Å². The third-order valence-electron chi connectivity index (χ3n) is 3.17. The van der Waals surface area contributed by atoms with Gasteiger partial charge in [0.05, 0.1) is 24.7 Å². The normalized spacial score (nSPS) is 12.2. The molecule has 0 saturated carbocycles. The van der Waals surface area contributed by atoms with Crippen LogP contribution in [0.3, 0.4) is 0 Å². The summed E-state index contributed by atoms with van der Waals surface area (Å²) < 4.78 is 23.0. The van der Waals surface area contributed by atoms with Crippen molar-refractivity contribution in [3.63, 3.8) is 0 Å². The van der Waals surface area contributed by atoms with E-state index in [1.165, 1.54) is 18.2 Å². The molecule has 0 aliphatic heterocycles. The quantitative estimate of drug-likeness (QED) is 0.525. The van der Waals surface area contributed by atoms with Crippen LogP contribution in [0.5, 0.6) is 0 Å². The van der Waals surface area contributed by atoms with Crippen molar-refractivity contribution in [2.75, 3.05) is 26.1 Å². The Bertz CT molecular complexity index is 613. The highest BCUT2D eigenvalue weighted by Gasteiger charge is 2.31. The number of benzene rings is 1. The number of aliphatic hydroxyl groups is 3. The van der Waals surface area contributed by atoms with Crippen LogP contribution >= 0.6 is 0 Å². The first-order valence-corrected chi connectivity index (χ1v) is 8.04. The second-order valence-electron chi connectivity index (χ2n) is 4.96. The molecule has 0 spiro atoms. The highest BCUT2D eigenvalue weighted by atomic mass is 32.2. The Labute approximate surface area is 123 Å². The number of sulfone groups is 1. The Morgan fingerprint density at radius 2 is 1.71 bits per heavy atom. The van der Waals surface area contributed by atoms with Gasteiger partial charge >= 0.3 is 0 Å². The largest absolute Gasteiger partial charge is 0.394 e. The molecule has 0 radical (unpaired) electrons. The zero-order valence-corrected chi connectivity index (χ0v) is 12.6.